The minimum absolute atomic E-state index is 0.154. The summed E-state index contributed by atoms with van der Waals surface area (Å²) in [5, 5.41) is 154. The lowest BCUT2D eigenvalue weighted by Gasteiger charge is -2.47. The number of allylic oxidation sites excluding steroid dienone is 12. The molecule has 0 aromatic rings. The molecule has 4 aliphatic rings. The van der Waals surface area contributed by atoms with Crippen molar-refractivity contribution in [3.8, 4) is 0 Å². The van der Waals surface area contributed by atoms with Crippen LogP contribution in [-0.2, 0) is 33.3 Å². The Labute approximate surface area is 443 Å². The molecule has 0 aromatic carbocycles. The molecule has 0 radical (unpaired) electrons. The van der Waals surface area contributed by atoms with E-state index in [1.807, 2.05) is 6.92 Å². The number of rotatable bonds is 5. The van der Waals surface area contributed by atoms with Gasteiger partial charge in [0.25, 0.3) is 0 Å². The highest BCUT2D eigenvalue weighted by Crippen LogP contribution is 2.39. The Morgan fingerprint density at radius 2 is 1.25 bits per heavy atom. The van der Waals surface area contributed by atoms with Gasteiger partial charge in [-0.05, 0) is 33.1 Å². The van der Waals surface area contributed by atoms with Crippen LogP contribution in [0, 0.1) is 17.8 Å². The number of fused-ring (bicyclic) bond motifs is 2. The third-order valence-electron chi connectivity index (χ3n) is 14.2. The molecule has 5 unspecified atom stereocenters. The lowest BCUT2D eigenvalue weighted by Crippen LogP contribution is -2.66. The van der Waals surface area contributed by atoms with E-state index in [9.17, 15) is 81.1 Å². The average Bonchev–Trinajstić information content (AvgIpc) is 3.34. The first-order chi connectivity index (χ1) is 35.9. The number of carbonyl (C=O) groups is 2. The summed E-state index contributed by atoms with van der Waals surface area (Å²) in [4.78, 5) is 26.9. The van der Waals surface area contributed by atoms with Crippen LogP contribution in [0.25, 0.3) is 0 Å². The fourth-order valence-electron chi connectivity index (χ4n) is 9.50. The number of cyclic esters (lactones) is 1. The average molecular weight is 1090 g/mol. The zero-order valence-corrected chi connectivity index (χ0v) is 43.4. The van der Waals surface area contributed by atoms with Crippen molar-refractivity contribution < 1.29 is 105 Å². The first-order valence-electron chi connectivity index (χ1n) is 25.9. The highest BCUT2D eigenvalue weighted by molar-refractivity contribution is 5.80. The number of aliphatic hydroxyl groups is 14. The maximum atomic E-state index is 14.2. The van der Waals surface area contributed by atoms with Crippen LogP contribution >= 0.6 is 0 Å². The van der Waals surface area contributed by atoms with Crippen LogP contribution in [0.3, 0.4) is 0 Å². The van der Waals surface area contributed by atoms with Gasteiger partial charge in [0.05, 0.1) is 92.1 Å². The number of hydrogen-bond acceptors (Lipinski definition) is 22. The fourth-order valence-corrected chi connectivity index (χ4v) is 9.50. The van der Waals surface area contributed by atoms with E-state index < -0.39 is 191 Å². The topological polar surface area (TPSA) is 402 Å². The number of amides is 1. The van der Waals surface area contributed by atoms with Gasteiger partial charge >= 0.3 is 5.97 Å². The Bertz CT molecular complexity index is 1990. The molecule has 4 heterocycles. The smallest absolute Gasteiger partial charge is 0.308 e. The maximum absolute atomic E-state index is 14.2. The lowest BCUT2D eigenvalue weighted by molar-refractivity contribution is -0.307. The molecular weight excluding hydrogens is 1000 g/mol. The van der Waals surface area contributed by atoms with Crippen molar-refractivity contribution in [3.05, 3.63) is 85.1 Å². The number of hydrogen-bond donors (Lipinski definition) is 16. The molecule has 3 fully saturated rings. The lowest BCUT2D eigenvalue weighted by atomic mass is 9.81. The molecule has 0 aromatic heterocycles. The van der Waals surface area contributed by atoms with Crippen molar-refractivity contribution in [2.45, 2.75) is 207 Å². The number of ether oxygens (including phenoxy) is 5. The quantitative estimate of drug-likeness (QED) is 0.127. The molecular formula is C53H84N2O21. The van der Waals surface area contributed by atoms with E-state index in [1.54, 1.807) is 92.8 Å². The van der Waals surface area contributed by atoms with Crippen molar-refractivity contribution in [1.29, 1.82) is 0 Å². The van der Waals surface area contributed by atoms with Gasteiger partial charge in [-0.25, -0.2) is 0 Å². The highest BCUT2D eigenvalue weighted by atomic mass is 16.7. The molecule has 24 atom stereocenters. The van der Waals surface area contributed by atoms with Crippen LogP contribution in [0.2, 0.25) is 0 Å². The number of nitrogens with one attached hydrogen (secondary N) is 1. The second kappa shape index (κ2) is 31.2. The van der Waals surface area contributed by atoms with Gasteiger partial charge in [0.1, 0.15) is 36.6 Å². The first kappa shape index (κ1) is 64.9. The van der Waals surface area contributed by atoms with E-state index in [0.717, 1.165) is 0 Å². The summed E-state index contributed by atoms with van der Waals surface area (Å²) in [6.07, 6.45) is -5.57. The molecule has 0 aliphatic carbocycles. The van der Waals surface area contributed by atoms with Gasteiger partial charge in [-0.3, -0.25) is 9.59 Å². The number of esters is 1. The molecule has 0 spiro atoms. The SMILES string of the molecule is CC1[C@H](C)OC(=O)C[C@H](O)C[C@H](O)CC[C@@H](O)[C@H](O)C[C@H](O)C[C@]2(O)C[C@H](O)C(C(=O)N[C@@H]3C(O)O[C@H](CO)[C@@H](O)[C@@H]3O)C(C[C@@H](OC3O[C@H](C)[C@@H](O)[C@H](N)[C@@H]3O)/C=C/C=C/C=C/C=C/C=C/C=C/C=C/[C@H](C)[C@H]1O)O2. The molecule has 0 saturated carbocycles. The van der Waals surface area contributed by atoms with Crippen LogP contribution < -0.4 is 11.1 Å². The summed E-state index contributed by atoms with van der Waals surface area (Å²) < 4.78 is 28.8. The van der Waals surface area contributed by atoms with Crippen LogP contribution in [0.5, 0.6) is 0 Å². The van der Waals surface area contributed by atoms with E-state index in [1.165, 1.54) is 13.0 Å². The van der Waals surface area contributed by atoms with Crippen molar-refractivity contribution in [2.75, 3.05) is 6.61 Å². The summed E-state index contributed by atoms with van der Waals surface area (Å²) in [7, 11) is 0. The van der Waals surface area contributed by atoms with Crippen LogP contribution in [-0.4, -0.2) is 218 Å². The molecule has 3 saturated heterocycles. The Morgan fingerprint density at radius 1 is 0.658 bits per heavy atom. The predicted molar refractivity (Wildman–Crippen MR) is 271 cm³/mol. The first-order valence-corrected chi connectivity index (χ1v) is 25.9. The summed E-state index contributed by atoms with van der Waals surface area (Å²) >= 11 is 0. The Balaban J connectivity index is 1.65. The molecule has 4 aliphatic heterocycles. The Morgan fingerprint density at radius 3 is 1.86 bits per heavy atom. The van der Waals surface area contributed by atoms with Gasteiger partial charge in [0.15, 0.2) is 18.4 Å². The Hall–Kier alpha value is -3.64. The molecule has 23 nitrogen and oxygen atoms in total. The molecule has 4 rings (SSSR count). The molecule has 432 valence electrons. The van der Waals surface area contributed by atoms with Gasteiger partial charge in [-0.2, -0.15) is 0 Å². The van der Waals surface area contributed by atoms with E-state index in [2.05, 4.69) is 5.32 Å². The zero-order valence-electron chi connectivity index (χ0n) is 43.4. The third-order valence-corrected chi connectivity index (χ3v) is 14.2. The summed E-state index contributed by atoms with van der Waals surface area (Å²) in [6, 6.07) is -2.93. The van der Waals surface area contributed by atoms with Crippen LogP contribution in [0.15, 0.2) is 85.1 Å². The standard InChI is InChI=1S/C53H84N2O21/c1-28-17-15-13-11-9-7-5-6-8-10-12-14-16-18-35(74-52-48(67)43(54)46(65)31(4)73-52)24-39-42(50(69)55-44-49(68)47(66)40(27-56)75-51(44)70)38(62)26-53(71,76-39)25-34(59)22-37(61)36(60)20-19-32(57)21-33(58)23-41(63)72-30(3)29(2)45(28)64/h5-18,28-40,42-49,51-52,56-62,64-68,70-71H,19-27,54H2,1-4H3,(H,55,69)/b6-5+,9-7+,10-8+,13-11+,14-12+,17-15+,18-16+/t28-,29?,30-,31+,32+,33+,34-,35-,36+,37+,38-,39?,40+,42?,43-,44-,45+,46+,47+,48-,49+,51?,52?,53+/m0/s1. The van der Waals surface area contributed by atoms with Crippen molar-refractivity contribution in [1.82, 2.24) is 5.32 Å². The highest BCUT2D eigenvalue weighted by Gasteiger charge is 2.53. The van der Waals surface area contributed by atoms with Crippen molar-refractivity contribution in [2.24, 2.45) is 23.5 Å². The predicted octanol–water partition coefficient (Wildman–Crippen LogP) is -2.46. The number of carbonyl (C=O) groups excluding carboxylic acids is 2. The van der Waals surface area contributed by atoms with Crippen LogP contribution in [0.4, 0.5) is 0 Å². The van der Waals surface area contributed by atoms with Crippen molar-refractivity contribution >= 4 is 11.9 Å². The van der Waals surface area contributed by atoms with E-state index in [0.29, 0.717) is 0 Å². The molecule has 1 amide bonds. The van der Waals surface area contributed by atoms with Crippen molar-refractivity contribution in [3.63, 3.8) is 0 Å². The molecule has 76 heavy (non-hydrogen) atoms. The monoisotopic (exact) mass is 1080 g/mol. The molecule has 2 bridgehead atoms. The van der Waals surface area contributed by atoms with Gasteiger partial charge in [0, 0.05) is 37.5 Å². The van der Waals surface area contributed by atoms with E-state index >= 15 is 0 Å². The second-order valence-electron chi connectivity index (χ2n) is 20.5. The third kappa shape index (κ3) is 19.6. The maximum Gasteiger partial charge on any atom is 0.308 e. The van der Waals surface area contributed by atoms with Crippen LogP contribution in [0.1, 0.15) is 79.1 Å². The number of aliphatic hydroxyl groups excluding tert-OH is 13. The van der Waals surface area contributed by atoms with E-state index in [4.69, 9.17) is 29.4 Å². The molecule has 17 N–H and O–H groups in total. The second-order valence-corrected chi connectivity index (χ2v) is 20.5. The zero-order chi connectivity index (χ0) is 56.4. The largest absolute Gasteiger partial charge is 0.462 e. The molecule has 23 heteroatoms. The fraction of sp³-hybridized carbons (Fsp3) is 0.698. The van der Waals surface area contributed by atoms with Gasteiger partial charge < -0.3 is 106 Å². The van der Waals surface area contributed by atoms with Gasteiger partial charge in [-0.1, -0.05) is 98.9 Å². The summed E-state index contributed by atoms with van der Waals surface area (Å²) in [6.45, 7) is 5.88. The summed E-state index contributed by atoms with van der Waals surface area (Å²) in [5.41, 5.74) is 6.10. The minimum atomic E-state index is -2.46. The minimum Gasteiger partial charge on any atom is -0.462 e. The number of nitrogens with two attached hydrogens (primary N) is 1. The van der Waals surface area contributed by atoms with E-state index in [-0.39, 0.29) is 25.2 Å². The van der Waals surface area contributed by atoms with Gasteiger partial charge in [0.2, 0.25) is 5.91 Å². The summed E-state index contributed by atoms with van der Waals surface area (Å²) in [5.74, 6) is -6.76. The Kier molecular flexibility index (Phi) is 26.7. The normalized spacial score (nSPS) is 46.7. The van der Waals surface area contributed by atoms with Gasteiger partial charge in [-0.15, -0.1) is 0 Å².